The van der Waals surface area contributed by atoms with Crippen LogP contribution in [0.4, 0.5) is 4.79 Å². The Morgan fingerprint density at radius 2 is 1.74 bits per heavy atom. The van der Waals surface area contributed by atoms with Crippen LogP contribution in [0.15, 0.2) is 71.6 Å². The Kier molecular flexibility index (Phi) is 6.90. The van der Waals surface area contributed by atoms with Gasteiger partial charge in [-0.15, -0.1) is 0 Å². The maximum atomic E-state index is 12.3. The van der Waals surface area contributed by atoms with Gasteiger partial charge in [-0.3, -0.25) is 4.57 Å². The molecule has 2 amide bonds. The summed E-state index contributed by atoms with van der Waals surface area (Å²) in [6.45, 7) is 4.20. The van der Waals surface area contributed by atoms with Gasteiger partial charge in [0, 0.05) is 18.7 Å². The van der Waals surface area contributed by atoms with E-state index in [9.17, 15) is 13.2 Å². The van der Waals surface area contributed by atoms with Gasteiger partial charge >= 0.3 is 6.03 Å². The molecule has 3 aromatic carbocycles. The minimum absolute atomic E-state index is 0.0439. The molecule has 0 saturated heterocycles. The summed E-state index contributed by atoms with van der Waals surface area (Å²) >= 11 is 6.45. The lowest BCUT2D eigenvalue weighted by molar-refractivity contribution is 0.246. The highest BCUT2D eigenvalue weighted by Gasteiger charge is 2.17. The topological polar surface area (TPSA) is 93.1 Å². The van der Waals surface area contributed by atoms with Crippen molar-refractivity contribution >= 4 is 38.7 Å². The summed E-state index contributed by atoms with van der Waals surface area (Å²) < 4.78 is 28.7. The SMILES string of the molecule is CCc1nc2cccc(Cl)c2n1-c1ccc(CCNC(=O)NS(=O)(=O)c2ccc(C)cc2)cc1. The third-order valence-corrected chi connectivity index (χ3v) is 7.12. The second kappa shape index (κ2) is 9.87. The summed E-state index contributed by atoms with van der Waals surface area (Å²) in [6.07, 6.45) is 1.31. The molecule has 0 spiro atoms. The summed E-state index contributed by atoms with van der Waals surface area (Å²) in [7, 11) is -3.91. The number of nitrogens with zero attached hydrogens (tertiary/aromatic N) is 2. The molecule has 2 N–H and O–H groups in total. The summed E-state index contributed by atoms with van der Waals surface area (Å²) in [6, 6.07) is 19.1. The Labute approximate surface area is 203 Å². The van der Waals surface area contributed by atoms with Crippen molar-refractivity contribution in [3.63, 3.8) is 0 Å². The van der Waals surface area contributed by atoms with Crippen LogP contribution >= 0.6 is 11.6 Å². The van der Waals surface area contributed by atoms with Gasteiger partial charge in [-0.2, -0.15) is 0 Å². The molecule has 9 heteroatoms. The molecule has 0 atom stereocenters. The Hall–Kier alpha value is -3.36. The molecule has 0 aliphatic carbocycles. The number of benzene rings is 3. The first-order valence-electron chi connectivity index (χ1n) is 10.9. The highest BCUT2D eigenvalue weighted by molar-refractivity contribution is 7.90. The Balaban J connectivity index is 1.39. The summed E-state index contributed by atoms with van der Waals surface area (Å²) in [5, 5.41) is 3.24. The van der Waals surface area contributed by atoms with Gasteiger partial charge in [0.25, 0.3) is 10.0 Å². The molecule has 7 nitrogen and oxygen atoms in total. The standard InChI is InChI=1S/C25H25ClN4O3S/c1-3-23-28-22-6-4-5-21(26)24(22)30(23)19-11-9-18(10-12-19)15-16-27-25(31)29-34(32,33)20-13-7-17(2)8-14-20/h4-14H,3,15-16H2,1-2H3,(H2,27,29,31). The van der Waals surface area contributed by atoms with E-state index < -0.39 is 16.1 Å². The summed E-state index contributed by atoms with van der Waals surface area (Å²) in [5.41, 5.74) is 4.61. The number of rotatable bonds is 7. The van der Waals surface area contributed by atoms with Crippen molar-refractivity contribution in [2.45, 2.75) is 31.6 Å². The van der Waals surface area contributed by atoms with E-state index in [0.717, 1.165) is 40.1 Å². The van der Waals surface area contributed by atoms with Gasteiger partial charge in [0.15, 0.2) is 0 Å². The summed E-state index contributed by atoms with van der Waals surface area (Å²) in [4.78, 5) is 16.8. The van der Waals surface area contributed by atoms with Crippen molar-refractivity contribution in [3.8, 4) is 5.69 Å². The first-order chi connectivity index (χ1) is 16.3. The number of imidazole rings is 1. The average molecular weight is 497 g/mol. The fourth-order valence-electron chi connectivity index (χ4n) is 3.72. The molecule has 0 aliphatic heterocycles. The van der Waals surface area contributed by atoms with Gasteiger partial charge < -0.3 is 5.32 Å². The molecular formula is C25H25ClN4O3S. The maximum Gasteiger partial charge on any atom is 0.328 e. The zero-order valence-electron chi connectivity index (χ0n) is 18.9. The van der Waals surface area contributed by atoms with Gasteiger partial charge in [0.1, 0.15) is 5.82 Å². The number of aromatic nitrogens is 2. The lowest BCUT2D eigenvalue weighted by Crippen LogP contribution is -2.40. The second-order valence-corrected chi connectivity index (χ2v) is 10.0. The van der Waals surface area contributed by atoms with Gasteiger partial charge in [-0.1, -0.05) is 54.4 Å². The molecule has 4 aromatic rings. The number of urea groups is 1. The van der Waals surface area contributed by atoms with Crippen molar-refractivity contribution in [2.75, 3.05) is 6.54 Å². The van der Waals surface area contributed by atoms with E-state index in [1.54, 1.807) is 12.1 Å². The van der Waals surface area contributed by atoms with Gasteiger partial charge in [-0.05, 0) is 55.3 Å². The van der Waals surface area contributed by atoms with Crippen LogP contribution in [-0.2, 0) is 22.9 Å². The summed E-state index contributed by atoms with van der Waals surface area (Å²) in [5.74, 6) is 0.920. The van der Waals surface area contributed by atoms with E-state index in [1.807, 2.05) is 54.1 Å². The van der Waals surface area contributed by atoms with E-state index in [-0.39, 0.29) is 11.4 Å². The quantitative estimate of drug-likeness (QED) is 0.385. The fraction of sp³-hybridized carbons (Fsp3) is 0.200. The highest BCUT2D eigenvalue weighted by atomic mass is 35.5. The van der Waals surface area contributed by atoms with Crippen molar-refractivity contribution in [2.24, 2.45) is 0 Å². The Morgan fingerprint density at radius 1 is 1.03 bits per heavy atom. The molecule has 0 bridgehead atoms. The predicted molar refractivity (Wildman–Crippen MR) is 134 cm³/mol. The van der Waals surface area contributed by atoms with Crippen LogP contribution in [0.5, 0.6) is 0 Å². The van der Waals surface area contributed by atoms with E-state index in [1.165, 1.54) is 12.1 Å². The first kappa shape index (κ1) is 23.8. The number of halogens is 1. The number of carbonyl (C=O) groups excluding carboxylic acids is 1. The zero-order valence-corrected chi connectivity index (χ0v) is 20.4. The fourth-order valence-corrected chi connectivity index (χ4v) is 4.90. The van der Waals surface area contributed by atoms with Crippen LogP contribution in [0.1, 0.15) is 23.9 Å². The molecular weight excluding hydrogens is 472 g/mol. The van der Waals surface area contributed by atoms with E-state index in [2.05, 4.69) is 16.8 Å². The molecule has 0 aliphatic rings. The van der Waals surface area contributed by atoms with Crippen LogP contribution < -0.4 is 10.0 Å². The van der Waals surface area contributed by atoms with Crippen LogP contribution in [0.3, 0.4) is 0 Å². The number of amides is 2. The first-order valence-corrected chi connectivity index (χ1v) is 12.8. The molecule has 1 heterocycles. The number of hydrogen-bond donors (Lipinski definition) is 2. The van der Waals surface area contributed by atoms with Crippen LogP contribution in [0, 0.1) is 6.92 Å². The third-order valence-electron chi connectivity index (χ3n) is 5.47. The van der Waals surface area contributed by atoms with Crippen LogP contribution in [0.25, 0.3) is 16.7 Å². The molecule has 0 saturated carbocycles. The monoisotopic (exact) mass is 496 g/mol. The minimum Gasteiger partial charge on any atom is -0.337 e. The highest BCUT2D eigenvalue weighted by Crippen LogP contribution is 2.28. The van der Waals surface area contributed by atoms with Crippen molar-refractivity contribution in [1.82, 2.24) is 19.6 Å². The Morgan fingerprint density at radius 3 is 2.41 bits per heavy atom. The molecule has 1 aromatic heterocycles. The molecule has 34 heavy (non-hydrogen) atoms. The molecule has 0 radical (unpaired) electrons. The van der Waals surface area contributed by atoms with Crippen molar-refractivity contribution < 1.29 is 13.2 Å². The predicted octanol–water partition coefficient (Wildman–Crippen LogP) is 4.78. The number of carbonyl (C=O) groups is 1. The lowest BCUT2D eigenvalue weighted by Gasteiger charge is -2.11. The smallest absolute Gasteiger partial charge is 0.328 e. The van der Waals surface area contributed by atoms with Gasteiger partial charge in [-0.25, -0.2) is 22.9 Å². The van der Waals surface area contributed by atoms with E-state index in [4.69, 9.17) is 16.6 Å². The van der Waals surface area contributed by atoms with E-state index >= 15 is 0 Å². The Bertz CT molecular complexity index is 1430. The third kappa shape index (κ3) is 5.08. The van der Waals surface area contributed by atoms with Crippen molar-refractivity contribution in [3.05, 3.63) is 88.7 Å². The molecule has 4 rings (SSSR count). The number of hydrogen-bond acceptors (Lipinski definition) is 4. The van der Waals surface area contributed by atoms with E-state index in [0.29, 0.717) is 11.4 Å². The number of aryl methyl sites for hydroxylation is 2. The number of sulfonamides is 1. The molecule has 176 valence electrons. The van der Waals surface area contributed by atoms with Gasteiger partial charge in [0.2, 0.25) is 0 Å². The normalized spacial score (nSPS) is 11.5. The molecule has 0 fully saturated rings. The van der Waals surface area contributed by atoms with Crippen molar-refractivity contribution in [1.29, 1.82) is 0 Å². The van der Waals surface area contributed by atoms with Gasteiger partial charge in [0.05, 0.1) is 21.0 Å². The second-order valence-electron chi connectivity index (χ2n) is 7.92. The van der Waals surface area contributed by atoms with Crippen LogP contribution in [0.2, 0.25) is 5.02 Å². The zero-order chi connectivity index (χ0) is 24.3. The largest absolute Gasteiger partial charge is 0.337 e. The number of para-hydroxylation sites is 1. The lowest BCUT2D eigenvalue weighted by atomic mass is 10.1. The van der Waals surface area contributed by atoms with Crippen LogP contribution in [-0.4, -0.2) is 30.5 Å². The molecule has 0 unspecified atom stereocenters. The average Bonchev–Trinajstić information content (AvgIpc) is 3.19. The number of fused-ring (bicyclic) bond motifs is 1. The number of nitrogens with one attached hydrogen (secondary N) is 2. The maximum absolute atomic E-state index is 12.3. The minimum atomic E-state index is -3.91.